The van der Waals surface area contributed by atoms with Gasteiger partial charge in [0.15, 0.2) is 0 Å². The highest BCUT2D eigenvalue weighted by Gasteiger charge is 2.23. The summed E-state index contributed by atoms with van der Waals surface area (Å²) in [5, 5.41) is 8.34. The van der Waals surface area contributed by atoms with Crippen molar-refractivity contribution in [2.45, 2.75) is 32.4 Å². The molecule has 0 unspecified atom stereocenters. The fraction of sp³-hybridized carbons (Fsp3) is 0.800. The lowest BCUT2D eigenvalue weighted by molar-refractivity contribution is 0.184. The van der Waals surface area contributed by atoms with E-state index in [4.69, 9.17) is 5.73 Å². The van der Waals surface area contributed by atoms with Gasteiger partial charge in [0, 0.05) is 19.6 Å². The van der Waals surface area contributed by atoms with Crippen LogP contribution in [0.25, 0.3) is 0 Å². The van der Waals surface area contributed by atoms with E-state index in [0.717, 1.165) is 41.9 Å². The summed E-state index contributed by atoms with van der Waals surface area (Å²) in [6.07, 6.45) is 2.33. The predicted octanol–water partition coefficient (Wildman–Crippen LogP) is 0.998. The molecular formula is C10H18IN5. The van der Waals surface area contributed by atoms with Crippen molar-refractivity contribution in [3.8, 4) is 0 Å². The Morgan fingerprint density at radius 3 is 2.62 bits per heavy atom. The summed E-state index contributed by atoms with van der Waals surface area (Å²) in [6.45, 7) is 6.16. The Morgan fingerprint density at radius 2 is 2.12 bits per heavy atom. The summed E-state index contributed by atoms with van der Waals surface area (Å²) >= 11 is 2.30. The zero-order valence-electron chi connectivity index (χ0n) is 9.56. The van der Waals surface area contributed by atoms with Gasteiger partial charge in [0.2, 0.25) is 0 Å². The van der Waals surface area contributed by atoms with Crippen LogP contribution < -0.4 is 5.73 Å². The highest BCUT2D eigenvalue weighted by molar-refractivity contribution is 14.1. The molecule has 90 valence electrons. The molecule has 0 aliphatic carbocycles. The molecule has 1 aromatic heterocycles. The normalized spacial score (nSPS) is 19.2. The van der Waals surface area contributed by atoms with E-state index < -0.39 is 0 Å². The third-order valence-electron chi connectivity index (χ3n) is 3.24. The summed E-state index contributed by atoms with van der Waals surface area (Å²) in [6, 6.07) is 0.502. The molecule has 2 heterocycles. The van der Waals surface area contributed by atoms with Crippen LogP contribution in [0.5, 0.6) is 0 Å². The summed E-state index contributed by atoms with van der Waals surface area (Å²) in [5.41, 5.74) is 6.52. The van der Waals surface area contributed by atoms with E-state index in [1.807, 2.05) is 0 Å². The van der Waals surface area contributed by atoms with Gasteiger partial charge in [-0.25, -0.2) is 4.68 Å². The van der Waals surface area contributed by atoms with Crippen molar-refractivity contribution < 1.29 is 0 Å². The molecule has 1 aromatic rings. The van der Waals surface area contributed by atoms with Gasteiger partial charge < -0.3 is 10.6 Å². The van der Waals surface area contributed by atoms with Gasteiger partial charge in [-0.05, 0) is 42.0 Å². The largest absolute Gasteiger partial charge is 0.325 e. The quantitative estimate of drug-likeness (QED) is 0.838. The van der Waals surface area contributed by atoms with Crippen LogP contribution in [0.2, 0.25) is 0 Å². The van der Waals surface area contributed by atoms with Gasteiger partial charge in [-0.3, -0.25) is 0 Å². The van der Waals surface area contributed by atoms with E-state index >= 15 is 0 Å². The Kier molecular flexibility index (Phi) is 4.15. The minimum atomic E-state index is 0.478. The van der Waals surface area contributed by atoms with E-state index in [1.54, 1.807) is 0 Å². The molecule has 5 nitrogen and oxygen atoms in total. The molecule has 1 saturated heterocycles. The smallest absolute Gasteiger partial charge is 0.124 e. The van der Waals surface area contributed by atoms with Crippen LogP contribution in [-0.2, 0) is 6.54 Å². The molecule has 1 fully saturated rings. The molecule has 16 heavy (non-hydrogen) atoms. The summed E-state index contributed by atoms with van der Waals surface area (Å²) in [7, 11) is 0. The van der Waals surface area contributed by atoms with E-state index in [-0.39, 0.29) is 0 Å². The van der Waals surface area contributed by atoms with Crippen LogP contribution in [0.4, 0.5) is 0 Å². The molecular weight excluding hydrogens is 317 g/mol. The molecule has 0 aromatic carbocycles. The van der Waals surface area contributed by atoms with Crippen LogP contribution in [-0.4, -0.2) is 39.5 Å². The number of nitrogens with zero attached hydrogens (tertiary/aromatic N) is 4. The van der Waals surface area contributed by atoms with Crippen LogP contribution in [0, 0.1) is 3.70 Å². The lowest BCUT2D eigenvalue weighted by Crippen LogP contribution is -2.35. The second-order valence-corrected chi connectivity index (χ2v) is 5.16. The average Bonchev–Trinajstić information content (AvgIpc) is 2.70. The number of aromatic nitrogens is 3. The van der Waals surface area contributed by atoms with E-state index in [9.17, 15) is 0 Å². The Bertz CT molecular complexity index is 343. The number of nitrogens with two attached hydrogens (primary N) is 1. The molecule has 2 N–H and O–H groups in total. The molecule has 0 atom stereocenters. The third kappa shape index (κ3) is 2.38. The zero-order valence-corrected chi connectivity index (χ0v) is 11.7. The standard InChI is InChI=1S/C10H18IN5/c1-2-15-5-3-8(4-6-15)16-10(11)9(7-12)13-14-16/h8H,2-7,12H2,1H3. The van der Waals surface area contributed by atoms with Crippen molar-refractivity contribution in [3.05, 3.63) is 9.39 Å². The summed E-state index contributed by atoms with van der Waals surface area (Å²) in [5.74, 6) is 0. The van der Waals surface area contributed by atoms with Gasteiger partial charge in [-0.2, -0.15) is 0 Å². The van der Waals surface area contributed by atoms with Crippen molar-refractivity contribution in [1.29, 1.82) is 0 Å². The van der Waals surface area contributed by atoms with Crippen molar-refractivity contribution in [2.24, 2.45) is 5.73 Å². The van der Waals surface area contributed by atoms with Gasteiger partial charge in [-0.15, -0.1) is 5.10 Å². The first-order valence-corrected chi connectivity index (χ1v) is 6.86. The highest BCUT2D eigenvalue weighted by atomic mass is 127. The molecule has 1 aliphatic rings. The lowest BCUT2D eigenvalue weighted by atomic mass is 10.1. The highest BCUT2D eigenvalue weighted by Crippen LogP contribution is 2.24. The van der Waals surface area contributed by atoms with Crippen LogP contribution >= 0.6 is 22.6 Å². The molecule has 1 aliphatic heterocycles. The summed E-state index contributed by atoms with van der Waals surface area (Å²) < 4.78 is 3.16. The number of likely N-dealkylation sites (tertiary alicyclic amines) is 1. The first kappa shape index (κ1) is 12.3. The minimum Gasteiger partial charge on any atom is -0.325 e. The maximum Gasteiger partial charge on any atom is 0.124 e. The van der Waals surface area contributed by atoms with E-state index in [1.165, 1.54) is 0 Å². The number of hydrogen-bond donors (Lipinski definition) is 1. The van der Waals surface area contributed by atoms with Crippen LogP contribution in [0.1, 0.15) is 31.5 Å². The maximum absolute atomic E-state index is 5.61. The monoisotopic (exact) mass is 335 g/mol. The first-order chi connectivity index (χ1) is 7.76. The number of halogens is 1. The van der Waals surface area contributed by atoms with Gasteiger partial charge in [-0.1, -0.05) is 12.1 Å². The fourth-order valence-electron chi connectivity index (χ4n) is 2.15. The molecule has 0 spiro atoms. The van der Waals surface area contributed by atoms with Crippen molar-refractivity contribution in [3.63, 3.8) is 0 Å². The van der Waals surface area contributed by atoms with E-state index in [2.05, 4.69) is 49.4 Å². The molecule has 2 rings (SSSR count). The van der Waals surface area contributed by atoms with Crippen molar-refractivity contribution in [2.75, 3.05) is 19.6 Å². The molecule has 0 bridgehead atoms. The van der Waals surface area contributed by atoms with Gasteiger partial charge in [0.1, 0.15) is 9.39 Å². The molecule has 0 saturated carbocycles. The zero-order chi connectivity index (χ0) is 11.5. The van der Waals surface area contributed by atoms with Crippen molar-refractivity contribution >= 4 is 22.6 Å². The van der Waals surface area contributed by atoms with Crippen LogP contribution in [0.15, 0.2) is 0 Å². The predicted molar refractivity (Wildman–Crippen MR) is 71.0 cm³/mol. The maximum atomic E-state index is 5.61. The van der Waals surface area contributed by atoms with Crippen molar-refractivity contribution in [1.82, 2.24) is 19.9 Å². The topological polar surface area (TPSA) is 60.0 Å². The van der Waals surface area contributed by atoms with Gasteiger partial charge in [0.25, 0.3) is 0 Å². The molecule has 0 amide bonds. The molecule has 6 heteroatoms. The SMILES string of the molecule is CCN1CCC(n2nnc(CN)c2I)CC1. The fourth-order valence-corrected chi connectivity index (χ4v) is 2.97. The van der Waals surface area contributed by atoms with Crippen LogP contribution in [0.3, 0.4) is 0 Å². The Morgan fingerprint density at radius 1 is 1.44 bits per heavy atom. The Balaban J connectivity index is 2.05. The number of piperidine rings is 1. The second-order valence-electron chi connectivity index (χ2n) is 4.14. The first-order valence-electron chi connectivity index (χ1n) is 5.78. The Labute approximate surface area is 110 Å². The number of rotatable bonds is 3. The van der Waals surface area contributed by atoms with E-state index in [0.29, 0.717) is 12.6 Å². The third-order valence-corrected chi connectivity index (χ3v) is 4.36. The lowest BCUT2D eigenvalue weighted by Gasteiger charge is -2.31. The second kappa shape index (κ2) is 5.42. The molecule has 0 radical (unpaired) electrons. The summed E-state index contributed by atoms with van der Waals surface area (Å²) in [4.78, 5) is 2.48. The van der Waals surface area contributed by atoms with Gasteiger partial charge in [0.05, 0.1) is 6.04 Å². The number of hydrogen-bond acceptors (Lipinski definition) is 4. The Hall–Kier alpha value is -0.210. The minimum absolute atomic E-state index is 0.478. The average molecular weight is 335 g/mol. The van der Waals surface area contributed by atoms with Gasteiger partial charge >= 0.3 is 0 Å².